The Morgan fingerprint density at radius 3 is 2.60 bits per heavy atom. The van der Waals surface area contributed by atoms with Crippen molar-refractivity contribution in [3.05, 3.63) is 36.5 Å². The molecule has 10 nitrogen and oxygen atoms in total. The lowest BCUT2D eigenvalue weighted by Crippen LogP contribution is -2.58. The van der Waals surface area contributed by atoms with Crippen LogP contribution in [0.4, 0.5) is 10.6 Å². The molecule has 0 spiro atoms. The largest absolute Gasteiger partial charge is 0.444 e. The maximum absolute atomic E-state index is 12.5. The molecule has 10 heteroatoms. The van der Waals surface area contributed by atoms with Gasteiger partial charge in [-0.05, 0) is 52.7 Å². The Morgan fingerprint density at radius 1 is 1.31 bits per heavy atom. The lowest BCUT2D eigenvalue weighted by Gasteiger charge is -2.43. The van der Waals surface area contributed by atoms with Gasteiger partial charge in [0.1, 0.15) is 18.0 Å². The lowest BCUT2D eigenvalue weighted by atomic mass is 10.1. The minimum atomic E-state index is -0.527. The van der Waals surface area contributed by atoms with Crippen LogP contribution in [0.5, 0.6) is 0 Å². The number of oxime groups is 1. The fourth-order valence-corrected chi connectivity index (χ4v) is 3.60. The first-order valence-electron chi connectivity index (χ1n) is 12.2. The number of nitrogens with zero attached hydrogens (tertiary/aromatic N) is 6. The van der Waals surface area contributed by atoms with E-state index in [4.69, 9.17) is 15.3 Å². The summed E-state index contributed by atoms with van der Waals surface area (Å²) >= 11 is 0. The Balaban J connectivity index is 2.35. The minimum Gasteiger partial charge on any atom is -0.444 e. The molecule has 1 atom stereocenters. The number of hydrogen-bond donors (Lipinski definition) is 1. The van der Waals surface area contributed by atoms with Crippen LogP contribution in [0.3, 0.4) is 0 Å². The van der Waals surface area contributed by atoms with Gasteiger partial charge in [-0.15, -0.1) is 6.58 Å². The van der Waals surface area contributed by atoms with Crippen LogP contribution in [0.25, 0.3) is 0 Å². The normalized spacial score (nSPS) is 16.3. The van der Waals surface area contributed by atoms with E-state index in [1.807, 2.05) is 57.7 Å². The van der Waals surface area contributed by atoms with Gasteiger partial charge in [0.25, 0.3) is 0 Å². The van der Waals surface area contributed by atoms with Gasteiger partial charge in [0.05, 0.1) is 18.1 Å². The number of carbonyl (C=O) groups is 1. The van der Waals surface area contributed by atoms with E-state index in [9.17, 15) is 4.79 Å². The zero-order valence-corrected chi connectivity index (χ0v) is 21.8. The molecule has 1 aliphatic heterocycles. The molecule has 1 aromatic rings. The number of pyridine rings is 1. The number of rotatable bonds is 10. The van der Waals surface area contributed by atoms with Crippen LogP contribution in [-0.4, -0.2) is 89.0 Å². The molecule has 0 aliphatic carbocycles. The molecule has 1 amide bonds. The van der Waals surface area contributed by atoms with Crippen molar-refractivity contribution in [2.45, 2.75) is 59.2 Å². The second kappa shape index (κ2) is 13.7. The Bertz CT molecular complexity index is 874. The summed E-state index contributed by atoms with van der Waals surface area (Å²) in [5.41, 5.74) is 6.37. The number of nitrogens with two attached hydrogens (primary N) is 1. The van der Waals surface area contributed by atoms with E-state index in [0.717, 1.165) is 6.42 Å². The van der Waals surface area contributed by atoms with E-state index in [1.54, 1.807) is 17.4 Å². The summed E-state index contributed by atoms with van der Waals surface area (Å²) in [5, 5.41) is 4.47. The lowest BCUT2D eigenvalue weighted by molar-refractivity contribution is 0.00501. The van der Waals surface area contributed by atoms with E-state index in [0.29, 0.717) is 63.0 Å². The summed E-state index contributed by atoms with van der Waals surface area (Å²) < 4.78 is 5.55. The van der Waals surface area contributed by atoms with Crippen molar-refractivity contribution in [1.82, 2.24) is 19.7 Å². The molecule has 35 heavy (non-hydrogen) atoms. The van der Waals surface area contributed by atoms with Crippen LogP contribution in [0.2, 0.25) is 0 Å². The second-order valence-electron chi connectivity index (χ2n) is 9.21. The van der Waals surface area contributed by atoms with Gasteiger partial charge >= 0.3 is 6.09 Å². The van der Waals surface area contributed by atoms with Crippen LogP contribution in [0.1, 0.15) is 53.0 Å². The van der Waals surface area contributed by atoms with Gasteiger partial charge in [0.2, 0.25) is 0 Å². The molecule has 1 aliphatic rings. The maximum Gasteiger partial charge on any atom is 0.410 e. The Hall–Kier alpha value is -3.14. The van der Waals surface area contributed by atoms with Crippen molar-refractivity contribution in [3.63, 3.8) is 0 Å². The smallest absolute Gasteiger partial charge is 0.410 e. The fraction of sp³-hybridized carbons (Fsp3) is 0.600. The molecule has 1 fully saturated rings. The third kappa shape index (κ3) is 8.54. The summed E-state index contributed by atoms with van der Waals surface area (Å²) in [6.07, 6.45) is 6.29. The summed E-state index contributed by atoms with van der Waals surface area (Å²) in [5.74, 6) is 0.885. The van der Waals surface area contributed by atoms with Crippen molar-refractivity contribution in [2.24, 2.45) is 10.1 Å². The molecule has 2 N–H and O–H groups in total. The topological polar surface area (TPSA) is 109 Å². The van der Waals surface area contributed by atoms with Gasteiger partial charge < -0.3 is 20.2 Å². The van der Waals surface area contributed by atoms with Crippen LogP contribution in [0.15, 0.2) is 41.1 Å². The van der Waals surface area contributed by atoms with Gasteiger partial charge in [0.15, 0.2) is 5.84 Å². The average Bonchev–Trinajstić information content (AvgIpc) is 2.82. The van der Waals surface area contributed by atoms with Crippen LogP contribution < -0.4 is 5.73 Å². The van der Waals surface area contributed by atoms with Crippen molar-refractivity contribution >= 4 is 24.1 Å². The van der Waals surface area contributed by atoms with E-state index < -0.39 is 5.60 Å². The SMILES string of the molecule is C=CCC(N1CCN(C(=O)OC(C)(C)C)CC1)N(C=NCC)C(=NOCCC)c1cccnc1N. The molecule has 2 heterocycles. The highest BCUT2D eigenvalue weighted by molar-refractivity contribution is 6.07. The predicted octanol–water partition coefficient (Wildman–Crippen LogP) is 3.56. The van der Waals surface area contributed by atoms with Gasteiger partial charge in [-0.25, -0.2) is 9.78 Å². The molecule has 0 aromatic carbocycles. The standard InChI is InChI=1S/C25H41N7O3/c1-7-11-21(30-14-16-31(17-15-30)24(33)35-25(4,5)6)32(19-27-9-3)23(29-34-18-8-2)20-12-10-13-28-22(20)26/h7,10,12-13,19,21H,1,8-9,11,14-18H2,2-6H3,(H2,26,28). The third-order valence-electron chi connectivity index (χ3n) is 5.25. The van der Waals surface area contributed by atoms with Gasteiger partial charge in [-0.1, -0.05) is 18.2 Å². The molecule has 0 bridgehead atoms. The zero-order valence-electron chi connectivity index (χ0n) is 21.8. The Morgan fingerprint density at radius 2 is 2.03 bits per heavy atom. The molecule has 2 rings (SSSR count). The maximum atomic E-state index is 12.5. The molecule has 1 unspecified atom stereocenters. The van der Waals surface area contributed by atoms with Crippen molar-refractivity contribution in [2.75, 3.05) is 45.1 Å². The van der Waals surface area contributed by atoms with E-state index in [1.165, 1.54) is 0 Å². The van der Waals surface area contributed by atoms with E-state index >= 15 is 0 Å². The number of amides is 1. The first-order chi connectivity index (χ1) is 16.7. The molecule has 0 radical (unpaired) electrons. The predicted molar refractivity (Wildman–Crippen MR) is 140 cm³/mol. The molecule has 194 valence electrons. The highest BCUT2D eigenvalue weighted by Gasteiger charge is 2.33. The van der Waals surface area contributed by atoms with Crippen molar-refractivity contribution < 1.29 is 14.4 Å². The number of anilines is 1. The molecule has 1 saturated heterocycles. The second-order valence-corrected chi connectivity index (χ2v) is 9.21. The van der Waals surface area contributed by atoms with Crippen molar-refractivity contribution in [3.8, 4) is 0 Å². The summed E-state index contributed by atoms with van der Waals surface area (Å²) in [4.78, 5) is 32.9. The summed E-state index contributed by atoms with van der Waals surface area (Å²) in [6, 6.07) is 3.69. The Kier molecular flexibility index (Phi) is 11.0. The van der Waals surface area contributed by atoms with Crippen LogP contribution in [0, 0.1) is 0 Å². The number of amidine groups is 1. The number of ether oxygens (including phenoxy) is 1. The number of hydrogen-bond acceptors (Lipinski definition) is 8. The molecule has 1 aromatic heterocycles. The summed E-state index contributed by atoms with van der Waals surface area (Å²) in [7, 11) is 0. The average molecular weight is 488 g/mol. The minimum absolute atomic E-state index is 0.160. The van der Waals surface area contributed by atoms with E-state index in [-0.39, 0.29) is 12.3 Å². The van der Waals surface area contributed by atoms with Gasteiger partial charge in [-0.3, -0.25) is 14.8 Å². The van der Waals surface area contributed by atoms with Crippen LogP contribution >= 0.6 is 0 Å². The van der Waals surface area contributed by atoms with Gasteiger partial charge in [0, 0.05) is 38.9 Å². The number of aliphatic imine (C=N–C) groups is 1. The number of aromatic nitrogens is 1. The number of piperazine rings is 1. The third-order valence-corrected chi connectivity index (χ3v) is 5.25. The first-order valence-corrected chi connectivity index (χ1v) is 12.2. The summed E-state index contributed by atoms with van der Waals surface area (Å²) in [6.45, 7) is 17.1. The van der Waals surface area contributed by atoms with E-state index in [2.05, 4.69) is 26.6 Å². The van der Waals surface area contributed by atoms with Gasteiger partial charge in [-0.2, -0.15) is 0 Å². The quantitative estimate of drug-likeness (QED) is 0.177. The number of carbonyl (C=O) groups excluding carboxylic acids is 1. The zero-order chi connectivity index (χ0) is 25.8. The van der Waals surface area contributed by atoms with Crippen molar-refractivity contribution in [1.29, 1.82) is 0 Å². The number of nitrogen functional groups attached to an aromatic ring is 1. The monoisotopic (exact) mass is 487 g/mol. The first kappa shape index (κ1) is 28.1. The fourth-order valence-electron chi connectivity index (χ4n) is 3.60. The highest BCUT2D eigenvalue weighted by Crippen LogP contribution is 2.20. The highest BCUT2D eigenvalue weighted by atomic mass is 16.6. The molecular weight excluding hydrogens is 446 g/mol. The molecular formula is C25H41N7O3. The van der Waals surface area contributed by atoms with Crippen LogP contribution in [-0.2, 0) is 9.57 Å². The molecule has 0 saturated carbocycles. The Labute approximate surface area is 209 Å².